The molecule has 100 valence electrons. The van der Waals surface area contributed by atoms with E-state index in [1.165, 1.54) is 42.5 Å². The van der Waals surface area contributed by atoms with Crippen LogP contribution in [-0.2, 0) is 0 Å². The van der Waals surface area contributed by atoms with Crippen LogP contribution in [0.25, 0.3) is 6.08 Å². The first-order chi connectivity index (χ1) is 9.56. The summed E-state index contributed by atoms with van der Waals surface area (Å²) in [6.45, 7) is 0. The fourth-order valence-electron chi connectivity index (χ4n) is 1.65. The van der Waals surface area contributed by atoms with Gasteiger partial charge < -0.3 is 5.11 Å². The van der Waals surface area contributed by atoms with Crippen LogP contribution in [0.15, 0.2) is 54.6 Å². The van der Waals surface area contributed by atoms with Crippen LogP contribution in [0.5, 0.6) is 0 Å². The second-order valence-corrected chi connectivity index (χ2v) is 4.14. The maximum Gasteiger partial charge on any atom is 0.335 e. The zero-order chi connectivity index (χ0) is 14.5. The van der Waals surface area contributed by atoms with Crippen LogP contribution in [0, 0.1) is 5.82 Å². The number of hydrogen-bond donors (Lipinski definition) is 1. The van der Waals surface area contributed by atoms with Gasteiger partial charge in [-0.1, -0.05) is 30.3 Å². The topological polar surface area (TPSA) is 54.4 Å². The Hall–Kier alpha value is -2.75. The van der Waals surface area contributed by atoms with Crippen LogP contribution in [0.1, 0.15) is 26.3 Å². The smallest absolute Gasteiger partial charge is 0.335 e. The van der Waals surface area contributed by atoms with Gasteiger partial charge >= 0.3 is 5.97 Å². The van der Waals surface area contributed by atoms with Gasteiger partial charge in [0.05, 0.1) is 5.56 Å². The van der Waals surface area contributed by atoms with Gasteiger partial charge in [-0.15, -0.1) is 0 Å². The summed E-state index contributed by atoms with van der Waals surface area (Å²) in [5.74, 6) is -1.78. The lowest BCUT2D eigenvalue weighted by Crippen LogP contribution is -1.96. The first-order valence-electron chi connectivity index (χ1n) is 5.87. The molecular formula is C16H11FO3. The van der Waals surface area contributed by atoms with Crippen molar-refractivity contribution in [1.82, 2.24) is 0 Å². The molecule has 2 aromatic rings. The summed E-state index contributed by atoms with van der Waals surface area (Å²) in [6, 6.07) is 11.5. The number of hydrogen-bond acceptors (Lipinski definition) is 2. The highest BCUT2D eigenvalue weighted by Crippen LogP contribution is 2.09. The zero-order valence-electron chi connectivity index (χ0n) is 10.4. The molecule has 0 unspecified atom stereocenters. The summed E-state index contributed by atoms with van der Waals surface area (Å²) >= 11 is 0. The van der Waals surface area contributed by atoms with Crippen molar-refractivity contribution in [2.75, 3.05) is 0 Å². The van der Waals surface area contributed by atoms with E-state index in [1.54, 1.807) is 18.2 Å². The Bertz CT molecular complexity index is 672. The quantitative estimate of drug-likeness (QED) is 0.684. The normalized spacial score (nSPS) is 10.7. The van der Waals surface area contributed by atoms with Gasteiger partial charge in [0.15, 0.2) is 5.78 Å². The molecule has 2 aromatic carbocycles. The predicted molar refractivity (Wildman–Crippen MR) is 73.2 cm³/mol. The fourth-order valence-corrected chi connectivity index (χ4v) is 1.65. The Balaban J connectivity index is 2.13. The Morgan fingerprint density at radius 3 is 2.30 bits per heavy atom. The second kappa shape index (κ2) is 5.93. The molecule has 0 amide bonds. The number of carboxylic acid groups (broad SMARTS) is 1. The Kier molecular flexibility index (Phi) is 4.05. The molecule has 0 aromatic heterocycles. The SMILES string of the molecule is O=C(O)c1ccc(/C=C/C(=O)c2cccc(F)c2)cc1. The predicted octanol–water partition coefficient (Wildman–Crippen LogP) is 3.42. The first-order valence-corrected chi connectivity index (χ1v) is 5.87. The van der Waals surface area contributed by atoms with Crippen molar-refractivity contribution in [2.24, 2.45) is 0 Å². The van der Waals surface area contributed by atoms with Crippen LogP contribution >= 0.6 is 0 Å². The zero-order valence-corrected chi connectivity index (χ0v) is 10.4. The molecule has 3 nitrogen and oxygen atoms in total. The Morgan fingerprint density at radius 1 is 1.00 bits per heavy atom. The standard InChI is InChI=1S/C16H11FO3/c17-14-3-1-2-13(10-14)15(18)9-6-11-4-7-12(8-5-11)16(19)20/h1-10H,(H,19,20)/b9-6+. The third-order valence-electron chi connectivity index (χ3n) is 2.69. The minimum atomic E-state index is -1.00. The lowest BCUT2D eigenvalue weighted by atomic mass is 10.1. The van der Waals surface area contributed by atoms with Gasteiger partial charge in [0.2, 0.25) is 0 Å². The van der Waals surface area contributed by atoms with Crippen LogP contribution < -0.4 is 0 Å². The highest BCUT2D eigenvalue weighted by Gasteiger charge is 2.03. The van der Waals surface area contributed by atoms with Crippen molar-refractivity contribution in [1.29, 1.82) is 0 Å². The summed E-state index contributed by atoms with van der Waals surface area (Å²) in [5, 5.41) is 8.76. The van der Waals surface area contributed by atoms with E-state index in [0.717, 1.165) is 0 Å². The number of rotatable bonds is 4. The maximum absolute atomic E-state index is 13.0. The van der Waals surface area contributed by atoms with Gasteiger partial charge in [-0.05, 0) is 35.9 Å². The Morgan fingerprint density at radius 2 is 1.70 bits per heavy atom. The first kappa shape index (κ1) is 13.7. The molecular weight excluding hydrogens is 259 g/mol. The van der Waals surface area contributed by atoms with E-state index in [4.69, 9.17) is 5.11 Å². The van der Waals surface area contributed by atoms with Gasteiger partial charge in [-0.25, -0.2) is 9.18 Å². The van der Waals surface area contributed by atoms with E-state index in [-0.39, 0.29) is 16.9 Å². The molecule has 0 aliphatic heterocycles. The third-order valence-corrected chi connectivity index (χ3v) is 2.69. The van der Waals surface area contributed by atoms with Crippen molar-refractivity contribution in [3.8, 4) is 0 Å². The van der Waals surface area contributed by atoms with E-state index in [9.17, 15) is 14.0 Å². The average molecular weight is 270 g/mol. The van der Waals surface area contributed by atoms with Crippen molar-refractivity contribution in [2.45, 2.75) is 0 Å². The highest BCUT2D eigenvalue weighted by atomic mass is 19.1. The van der Waals surface area contributed by atoms with Crippen LogP contribution in [0.2, 0.25) is 0 Å². The molecule has 4 heteroatoms. The lowest BCUT2D eigenvalue weighted by Gasteiger charge is -1.97. The summed E-state index contributed by atoms with van der Waals surface area (Å²) in [7, 11) is 0. The highest BCUT2D eigenvalue weighted by molar-refractivity contribution is 6.06. The molecule has 0 saturated carbocycles. The van der Waals surface area contributed by atoms with Crippen molar-refractivity contribution < 1.29 is 19.1 Å². The molecule has 0 bridgehead atoms. The summed E-state index contributed by atoms with van der Waals surface area (Å²) in [4.78, 5) is 22.5. The summed E-state index contributed by atoms with van der Waals surface area (Å²) in [5.41, 5.74) is 1.14. The number of carbonyl (C=O) groups excluding carboxylic acids is 1. The average Bonchev–Trinajstić information content (AvgIpc) is 2.45. The third kappa shape index (κ3) is 3.38. The minimum absolute atomic E-state index is 0.179. The van der Waals surface area contributed by atoms with E-state index >= 15 is 0 Å². The summed E-state index contributed by atoms with van der Waals surface area (Å²) in [6.07, 6.45) is 2.88. The van der Waals surface area contributed by atoms with E-state index in [1.807, 2.05) is 0 Å². The van der Waals surface area contributed by atoms with Crippen molar-refractivity contribution in [3.05, 3.63) is 77.1 Å². The van der Waals surface area contributed by atoms with E-state index < -0.39 is 11.8 Å². The number of carboxylic acids is 1. The number of aromatic carboxylic acids is 1. The second-order valence-electron chi connectivity index (χ2n) is 4.14. The molecule has 0 radical (unpaired) electrons. The summed E-state index contributed by atoms with van der Waals surface area (Å²) < 4.78 is 13.0. The van der Waals surface area contributed by atoms with Gasteiger partial charge in [0.25, 0.3) is 0 Å². The van der Waals surface area contributed by atoms with Crippen molar-refractivity contribution in [3.63, 3.8) is 0 Å². The number of allylic oxidation sites excluding steroid dienone is 1. The molecule has 0 fully saturated rings. The fraction of sp³-hybridized carbons (Fsp3) is 0. The molecule has 0 atom stereocenters. The molecule has 20 heavy (non-hydrogen) atoms. The molecule has 0 aliphatic rings. The molecule has 0 aliphatic carbocycles. The minimum Gasteiger partial charge on any atom is -0.478 e. The molecule has 1 N–H and O–H groups in total. The van der Waals surface area contributed by atoms with Crippen LogP contribution in [0.3, 0.4) is 0 Å². The number of halogens is 1. The number of ketones is 1. The maximum atomic E-state index is 13.0. The van der Waals surface area contributed by atoms with E-state index in [0.29, 0.717) is 5.56 Å². The van der Waals surface area contributed by atoms with Gasteiger partial charge in [0.1, 0.15) is 5.82 Å². The molecule has 0 spiro atoms. The number of benzene rings is 2. The van der Waals surface area contributed by atoms with E-state index in [2.05, 4.69) is 0 Å². The van der Waals surface area contributed by atoms with Crippen molar-refractivity contribution >= 4 is 17.8 Å². The van der Waals surface area contributed by atoms with Gasteiger partial charge in [-0.3, -0.25) is 4.79 Å². The molecule has 0 saturated heterocycles. The van der Waals surface area contributed by atoms with Gasteiger partial charge in [0, 0.05) is 5.56 Å². The largest absolute Gasteiger partial charge is 0.478 e. The molecule has 0 heterocycles. The Labute approximate surface area is 115 Å². The molecule has 2 rings (SSSR count). The van der Waals surface area contributed by atoms with Gasteiger partial charge in [-0.2, -0.15) is 0 Å². The van der Waals surface area contributed by atoms with Crippen LogP contribution in [0.4, 0.5) is 4.39 Å². The number of carbonyl (C=O) groups is 2. The lowest BCUT2D eigenvalue weighted by molar-refractivity contribution is 0.0696. The monoisotopic (exact) mass is 270 g/mol. The van der Waals surface area contributed by atoms with Crippen LogP contribution in [-0.4, -0.2) is 16.9 Å².